The van der Waals surface area contributed by atoms with Crippen molar-refractivity contribution in [3.8, 4) is 5.75 Å². The van der Waals surface area contributed by atoms with Crippen LogP contribution in [0.3, 0.4) is 0 Å². The molecular formula is C13H19BNOS. The monoisotopic (exact) mass is 248 g/mol. The minimum atomic E-state index is 0.477. The van der Waals surface area contributed by atoms with E-state index in [2.05, 4.69) is 58.2 Å². The maximum absolute atomic E-state index is 5.20. The molecule has 0 saturated carbocycles. The van der Waals surface area contributed by atoms with Crippen molar-refractivity contribution < 1.29 is 4.74 Å². The molecule has 0 spiro atoms. The first-order chi connectivity index (χ1) is 8.04. The average Bonchev–Trinajstić information content (AvgIpc) is 2.26. The van der Waals surface area contributed by atoms with Gasteiger partial charge in [-0.2, -0.15) is 0 Å². The lowest BCUT2D eigenvalue weighted by atomic mass is 9.78. The predicted molar refractivity (Wildman–Crippen MR) is 78.2 cm³/mol. The molecule has 91 valence electrons. The number of rotatable bonds is 6. The molecule has 0 aromatic heterocycles. The van der Waals surface area contributed by atoms with Gasteiger partial charge in [0, 0.05) is 0 Å². The SMILES string of the molecule is CC(C)N([B]c1cccc(OC=S)c1)C(C)C. The summed E-state index contributed by atoms with van der Waals surface area (Å²) in [5.74, 6) is 0.779. The van der Waals surface area contributed by atoms with Crippen molar-refractivity contribution in [1.29, 1.82) is 0 Å². The van der Waals surface area contributed by atoms with E-state index in [1.54, 1.807) is 0 Å². The van der Waals surface area contributed by atoms with Gasteiger partial charge in [-0.15, -0.1) is 0 Å². The maximum Gasteiger partial charge on any atom is 0.248 e. The Kier molecular flexibility index (Phi) is 5.65. The van der Waals surface area contributed by atoms with Gasteiger partial charge in [-0.1, -0.05) is 45.3 Å². The molecule has 0 heterocycles. The van der Waals surface area contributed by atoms with E-state index in [-0.39, 0.29) is 0 Å². The lowest BCUT2D eigenvalue weighted by Crippen LogP contribution is -2.45. The Balaban J connectivity index is 2.78. The minimum Gasteiger partial charge on any atom is -0.454 e. The third kappa shape index (κ3) is 4.48. The Bertz CT molecular complexity index is 360. The van der Waals surface area contributed by atoms with E-state index in [1.165, 1.54) is 5.55 Å². The maximum atomic E-state index is 5.20. The molecule has 0 unspecified atom stereocenters. The molecule has 0 fully saturated rings. The van der Waals surface area contributed by atoms with Crippen LogP contribution in [0.4, 0.5) is 0 Å². The van der Waals surface area contributed by atoms with E-state index in [1.807, 2.05) is 18.2 Å². The third-order valence-electron chi connectivity index (χ3n) is 2.53. The first-order valence-corrected chi connectivity index (χ1v) is 6.34. The van der Waals surface area contributed by atoms with Crippen molar-refractivity contribution in [2.24, 2.45) is 0 Å². The summed E-state index contributed by atoms with van der Waals surface area (Å²) < 4.78 is 5.20. The highest BCUT2D eigenvalue weighted by atomic mass is 32.1. The van der Waals surface area contributed by atoms with Gasteiger partial charge in [0.2, 0.25) is 7.41 Å². The van der Waals surface area contributed by atoms with Gasteiger partial charge in [-0.25, -0.2) is 0 Å². The Morgan fingerprint density at radius 2 is 1.88 bits per heavy atom. The lowest BCUT2D eigenvalue weighted by Gasteiger charge is -2.30. The smallest absolute Gasteiger partial charge is 0.248 e. The fourth-order valence-corrected chi connectivity index (χ4v) is 1.90. The van der Waals surface area contributed by atoms with Crippen molar-refractivity contribution in [3.63, 3.8) is 0 Å². The average molecular weight is 248 g/mol. The molecule has 0 aliphatic rings. The van der Waals surface area contributed by atoms with Gasteiger partial charge in [-0.05, 0) is 36.4 Å². The summed E-state index contributed by atoms with van der Waals surface area (Å²) >= 11 is 4.68. The second kappa shape index (κ2) is 6.77. The van der Waals surface area contributed by atoms with Crippen LogP contribution in [0.2, 0.25) is 0 Å². The van der Waals surface area contributed by atoms with E-state index in [9.17, 15) is 0 Å². The standard InChI is InChI=1S/C13H19BNOS/c1-10(2)15(11(3)4)14-12-6-5-7-13(8-12)16-9-17/h5-11H,1-4H3. The molecule has 0 bridgehead atoms. The van der Waals surface area contributed by atoms with Gasteiger partial charge in [0.25, 0.3) is 0 Å². The summed E-state index contributed by atoms with van der Waals surface area (Å²) in [7, 11) is 2.16. The molecule has 0 aliphatic heterocycles. The fourth-order valence-electron chi connectivity index (χ4n) is 1.79. The quantitative estimate of drug-likeness (QED) is 0.566. The van der Waals surface area contributed by atoms with Gasteiger partial charge in [0.15, 0.2) is 5.55 Å². The molecule has 0 N–H and O–H groups in total. The number of benzene rings is 1. The number of thiocarbonyl (C=S) groups is 1. The number of ether oxygens (including phenoxy) is 1. The molecule has 0 amide bonds. The van der Waals surface area contributed by atoms with Crippen molar-refractivity contribution in [3.05, 3.63) is 24.3 Å². The van der Waals surface area contributed by atoms with Crippen molar-refractivity contribution >= 4 is 30.6 Å². The summed E-state index contributed by atoms with van der Waals surface area (Å²) in [6, 6.07) is 8.87. The van der Waals surface area contributed by atoms with Crippen molar-refractivity contribution in [1.82, 2.24) is 4.81 Å². The van der Waals surface area contributed by atoms with Gasteiger partial charge < -0.3 is 9.55 Å². The Morgan fingerprint density at radius 3 is 2.41 bits per heavy atom. The topological polar surface area (TPSA) is 12.5 Å². The summed E-state index contributed by atoms with van der Waals surface area (Å²) in [6.45, 7) is 8.75. The van der Waals surface area contributed by atoms with E-state index < -0.39 is 0 Å². The molecule has 1 rings (SSSR count). The molecular weight excluding hydrogens is 229 g/mol. The van der Waals surface area contributed by atoms with Crippen LogP contribution in [-0.4, -0.2) is 29.9 Å². The van der Waals surface area contributed by atoms with Crippen LogP contribution in [0.5, 0.6) is 5.75 Å². The highest BCUT2D eigenvalue weighted by Gasteiger charge is 2.15. The Morgan fingerprint density at radius 1 is 1.24 bits per heavy atom. The van der Waals surface area contributed by atoms with E-state index in [0.29, 0.717) is 12.1 Å². The van der Waals surface area contributed by atoms with Crippen LogP contribution < -0.4 is 10.2 Å². The largest absolute Gasteiger partial charge is 0.454 e. The van der Waals surface area contributed by atoms with Gasteiger partial charge in [0.05, 0.1) is 0 Å². The third-order valence-corrected chi connectivity index (χ3v) is 2.63. The molecule has 0 aliphatic carbocycles. The summed E-state index contributed by atoms with van der Waals surface area (Å²) in [4.78, 5) is 2.32. The second-order valence-corrected chi connectivity index (χ2v) is 4.74. The second-order valence-electron chi connectivity index (χ2n) is 4.55. The minimum absolute atomic E-state index is 0.477. The van der Waals surface area contributed by atoms with E-state index in [4.69, 9.17) is 4.74 Å². The van der Waals surface area contributed by atoms with Gasteiger partial charge in [0.1, 0.15) is 5.75 Å². The highest BCUT2D eigenvalue weighted by molar-refractivity contribution is 7.78. The zero-order chi connectivity index (χ0) is 12.8. The van der Waals surface area contributed by atoms with Crippen LogP contribution in [0.1, 0.15) is 27.7 Å². The number of nitrogens with zero attached hydrogens (tertiary/aromatic N) is 1. The molecule has 4 heteroatoms. The molecule has 0 saturated heterocycles. The van der Waals surface area contributed by atoms with Crippen LogP contribution in [0, 0.1) is 0 Å². The lowest BCUT2D eigenvalue weighted by molar-refractivity contribution is 0.315. The van der Waals surface area contributed by atoms with Crippen LogP contribution in [0.15, 0.2) is 24.3 Å². The van der Waals surface area contributed by atoms with Crippen LogP contribution in [-0.2, 0) is 0 Å². The van der Waals surface area contributed by atoms with Crippen LogP contribution >= 0.6 is 12.2 Å². The molecule has 1 aromatic carbocycles. The summed E-state index contributed by atoms with van der Waals surface area (Å²) in [6.07, 6.45) is 0. The van der Waals surface area contributed by atoms with E-state index >= 15 is 0 Å². The van der Waals surface area contributed by atoms with Gasteiger partial charge >= 0.3 is 0 Å². The zero-order valence-corrected chi connectivity index (χ0v) is 11.7. The molecule has 2 nitrogen and oxygen atoms in total. The Hall–Kier alpha value is -0.865. The number of hydrogen-bond donors (Lipinski definition) is 0. The number of hydrogen-bond acceptors (Lipinski definition) is 3. The normalized spacial score (nSPS) is 11.0. The molecule has 0 atom stereocenters. The first-order valence-electron chi connectivity index (χ1n) is 5.87. The van der Waals surface area contributed by atoms with Crippen molar-refractivity contribution in [2.45, 2.75) is 39.8 Å². The van der Waals surface area contributed by atoms with Crippen LogP contribution in [0.25, 0.3) is 0 Å². The molecule has 17 heavy (non-hydrogen) atoms. The fraction of sp³-hybridized carbons (Fsp3) is 0.462. The summed E-state index contributed by atoms with van der Waals surface area (Å²) in [5.41, 5.74) is 2.41. The predicted octanol–water partition coefficient (Wildman–Crippen LogP) is 2.39. The van der Waals surface area contributed by atoms with Gasteiger partial charge in [-0.3, -0.25) is 0 Å². The zero-order valence-electron chi connectivity index (χ0n) is 10.9. The van der Waals surface area contributed by atoms with E-state index in [0.717, 1.165) is 11.2 Å². The molecule has 1 aromatic rings. The van der Waals surface area contributed by atoms with Crippen molar-refractivity contribution in [2.75, 3.05) is 0 Å². The summed E-state index contributed by atoms with van der Waals surface area (Å²) in [5, 5.41) is 0. The Labute approximate surface area is 110 Å². The molecule has 1 radical (unpaired) electrons. The highest BCUT2D eigenvalue weighted by Crippen LogP contribution is 2.08. The first kappa shape index (κ1) is 14.2.